The van der Waals surface area contributed by atoms with E-state index in [-0.39, 0.29) is 17.4 Å². The van der Waals surface area contributed by atoms with Gasteiger partial charge >= 0.3 is 5.97 Å². The predicted molar refractivity (Wildman–Crippen MR) is 78.3 cm³/mol. The molecule has 0 amide bonds. The van der Waals surface area contributed by atoms with Gasteiger partial charge in [0.25, 0.3) is 0 Å². The van der Waals surface area contributed by atoms with Crippen molar-refractivity contribution in [1.82, 2.24) is 5.32 Å². The van der Waals surface area contributed by atoms with Crippen LogP contribution in [0.4, 0.5) is 0 Å². The van der Waals surface area contributed by atoms with Crippen LogP contribution in [0, 0.1) is 0 Å². The zero-order valence-electron chi connectivity index (χ0n) is 11.8. The van der Waals surface area contributed by atoms with Gasteiger partial charge in [-0.2, -0.15) is 0 Å². The van der Waals surface area contributed by atoms with Gasteiger partial charge in [-0.15, -0.1) is 11.8 Å². The molecule has 1 N–H and O–H groups in total. The van der Waals surface area contributed by atoms with Crippen LogP contribution in [0.3, 0.4) is 0 Å². The molecule has 20 heavy (non-hydrogen) atoms. The highest BCUT2D eigenvalue weighted by molar-refractivity contribution is 7.99. The Bertz CT molecular complexity index is 480. The molecule has 0 radical (unpaired) electrons. The van der Waals surface area contributed by atoms with Gasteiger partial charge in [-0.05, 0) is 24.6 Å². The molecule has 2 rings (SSSR count). The monoisotopic (exact) mass is 297 g/mol. The molecule has 1 aromatic rings. The Morgan fingerprint density at radius 1 is 1.35 bits per heavy atom. The van der Waals surface area contributed by atoms with E-state index < -0.39 is 0 Å². The molecule has 0 saturated carbocycles. The lowest BCUT2D eigenvalue weighted by Gasteiger charge is -2.15. The summed E-state index contributed by atoms with van der Waals surface area (Å²) >= 11 is 1.68. The number of rotatable bonds is 5. The molecule has 110 valence electrons. The number of hydrogen-bond acceptors (Lipinski definition) is 6. The summed E-state index contributed by atoms with van der Waals surface area (Å²) in [5.74, 6) is 1.90. The van der Waals surface area contributed by atoms with E-state index in [1.165, 1.54) is 0 Å². The number of hydrogen-bond donors (Lipinski definition) is 1. The lowest BCUT2D eigenvalue weighted by atomic mass is 10.2. The summed E-state index contributed by atoms with van der Waals surface area (Å²) in [5.41, 5.74) is 1.06. The minimum Gasteiger partial charge on any atom is -0.493 e. The van der Waals surface area contributed by atoms with E-state index in [0.29, 0.717) is 23.9 Å². The van der Waals surface area contributed by atoms with Crippen LogP contribution in [0.2, 0.25) is 0 Å². The minimum absolute atomic E-state index is 0.0595. The number of methoxy groups -OCH3 is 2. The molecule has 5 nitrogen and oxygen atoms in total. The van der Waals surface area contributed by atoms with Gasteiger partial charge in [-0.1, -0.05) is 6.07 Å². The second kappa shape index (κ2) is 6.85. The van der Waals surface area contributed by atoms with Crippen molar-refractivity contribution in [3.8, 4) is 11.5 Å². The maximum atomic E-state index is 11.7. The molecule has 0 spiro atoms. The van der Waals surface area contributed by atoms with E-state index in [2.05, 4.69) is 5.32 Å². The minimum atomic E-state index is -0.252. The standard InChI is InChI=1S/C14H19NO4S/c1-4-19-14(16)10-8-20-13(15-10)9-5-6-11(17-2)12(7-9)18-3/h5-7,10,13,15H,4,8H2,1-3H3/t10-,13-/m0/s1. The van der Waals surface area contributed by atoms with E-state index in [1.54, 1.807) is 26.0 Å². The molecule has 1 aromatic carbocycles. The number of carbonyl (C=O) groups is 1. The van der Waals surface area contributed by atoms with Crippen molar-refractivity contribution in [3.05, 3.63) is 23.8 Å². The second-order valence-electron chi connectivity index (χ2n) is 4.30. The Labute approximate surface area is 123 Å². The van der Waals surface area contributed by atoms with Gasteiger partial charge in [0.15, 0.2) is 11.5 Å². The second-order valence-corrected chi connectivity index (χ2v) is 5.44. The van der Waals surface area contributed by atoms with E-state index in [4.69, 9.17) is 14.2 Å². The number of ether oxygens (including phenoxy) is 3. The van der Waals surface area contributed by atoms with Crippen molar-refractivity contribution in [2.45, 2.75) is 18.3 Å². The largest absolute Gasteiger partial charge is 0.493 e. The Morgan fingerprint density at radius 2 is 2.10 bits per heavy atom. The third kappa shape index (κ3) is 3.19. The maximum Gasteiger partial charge on any atom is 0.324 e. The maximum absolute atomic E-state index is 11.7. The number of carbonyl (C=O) groups excluding carboxylic acids is 1. The summed E-state index contributed by atoms with van der Waals surface area (Å²) in [6, 6.07) is 5.52. The van der Waals surface area contributed by atoms with Crippen molar-refractivity contribution in [2.24, 2.45) is 0 Å². The lowest BCUT2D eigenvalue weighted by molar-refractivity contribution is -0.144. The van der Waals surface area contributed by atoms with E-state index >= 15 is 0 Å². The molecule has 0 bridgehead atoms. The van der Waals surface area contributed by atoms with Crippen LogP contribution in [0.1, 0.15) is 17.9 Å². The van der Waals surface area contributed by atoms with Crippen LogP contribution in [0.5, 0.6) is 11.5 Å². The van der Waals surface area contributed by atoms with Crippen LogP contribution in [-0.2, 0) is 9.53 Å². The summed E-state index contributed by atoms with van der Waals surface area (Å²) in [4.78, 5) is 11.7. The fourth-order valence-electron chi connectivity index (χ4n) is 2.06. The molecule has 1 fully saturated rings. The molecule has 0 aliphatic carbocycles. The summed E-state index contributed by atoms with van der Waals surface area (Å²) in [5, 5.41) is 3.33. The molecule has 1 aliphatic rings. The van der Waals surface area contributed by atoms with Crippen molar-refractivity contribution in [3.63, 3.8) is 0 Å². The van der Waals surface area contributed by atoms with E-state index in [0.717, 1.165) is 5.56 Å². The normalized spacial score (nSPS) is 21.6. The average Bonchev–Trinajstić information content (AvgIpc) is 2.96. The van der Waals surface area contributed by atoms with Crippen LogP contribution in [0.25, 0.3) is 0 Å². The van der Waals surface area contributed by atoms with Gasteiger partial charge in [-0.3, -0.25) is 10.1 Å². The quantitative estimate of drug-likeness (QED) is 0.839. The smallest absolute Gasteiger partial charge is 0.324 e. The predicted octanol–water partition coefficient (Wildman–Crippen LogP) is 1.97. The first-order valence-electron chi connectivity index (χ1n) is 6.45. The van der Waals surface area contributed by atoms with Crippen LogP contribution in [0.15, 0.2) is 18.2 Å². The van der Waals surface area contributed by atoms with E-state index in [9.17, 15) is 4.79 Å². The van der Waals surface area contributed by atoms with Crippen LogP contribution in [-0.4, -0.2) is 38.6 Å². The Hall–Kier alpha value is -1.40. The van der Waals surface area contributed by atoms with Crippen LogP contribution >= 0.6 is 11.8 Å². The van der Waals surface area contributed by atoms with E-state index in [1.807, 2.05) is 25.1 Å². The third-order valence-corrected chi connectivity index (χ3v) is 4.33. The van der Waals surface area contributed by atoms with Gasteiger partial charge in [0.05, 0.1) is 26.2 Å². The fourth-order valence-corrected chi connectivity index (χ4v) is 3.28. The van der Waals surface area contributed by atoms with Gasteiger partial charge < -0.3 is 14.2 Å². The first-order chi connectivity index (χ1) is 9.69. The fraction of sp³-hybridized carbons (Fsp3) is 0.500. The molecular weight excluding hydrogens is 278 g/mol. The van der Waals surface area contributed by atoms with Crippen LogP contribution < -0.4 is 14.8 Å². The Morgan fingerprint density at radius 3 is 2.75 bits per heavy atom. The number of thioether (sulfide) groups is 1. The van der Waals surface area contributed by atoms with Gasteiger partial charge in [-0.25, -0.2) is 0 Å². The first-order valence-corrected chi connectivity index (χ1v) is 7.50. The summed E-state index contributed by atoms with van der Waals surface area (Å²) in [6.07, 6.45) is 0. The molecule has 1 saturated heterocycles. The number of benzene rings is 1. The number of esters is 1. The molecule has 1 aliphatic heterocycles. The topological polar surface area (TPSA) is 56.8 Å². The zero-order chi connectivity index (χ0) is 14.5. The molecular formula is C14H19NO4S. The third-order valence-electron chi connectivity index (χ3n) is 3.06. The van der Waals surface area contributed by atoms with Gasteiger partial charge in [0, 0.05) is 5.75 Å². The van der Waals surface area contributed by atoms with Crippen molar-refractivity contribution in [2.75, 3.05) is 26.6 Å². The summed E-state index contributed by atoms with van der Waals surface area (Å²) in [7, 11) is 3.22. The molecule has 0 unspecified atom stereocenters. The van der Waals surface area contributed by atoms with Crippen molar-refractivity contribution >= 4 is 17.7 Å². The highest BCUT2D eigenvalue weighted by Crippen LogP contribution is 2.37. The van der Waals surface area contributed by atoms with Crippen molar-refractivity contribution < 1.29 is 19.0 Å². The Kier molecular flexibility index (Phi) is 5.14. The van der Waals surface area contributed by atoms with Crippen molar-refractivity contribution in [1.29, 1.82) is 0 Å². The van der Waals surface area contributed by atoms with Gasteiger partial charge in [0.1, 0.15) is 6.04 Å². The SMILES string of the molecule is CCOC(=O)[C@@H]1CS[C@@H](c2ccc(OC)c(OC)c2)N1. The highest BCUT2D eigenvalue weighted by Gasteiger charge is 2.31. The molecule has 6 heteroatoms. The molecule has 1 heterocycles. The molecule has 2 atom stereocenters. The first kappa shape index (κ1) is 15.0. The Balaban J connectivity index is 2.08. The molecule has 0 aromatic heterocycles. The summed E-state index contributed by atoms with van der Waals surface area (Å²) < 4.78 is 15.5. The summed E-state index contributed by atoms with van der Waals surface area (Å²) in [6.45, 7) is 2.22. The highest BCUT2D eigenvalue weighted by atomic mass is 32.2. The number of nitrogens with one attached hydrogen (secondary N) is 1. The average molecular weight is 297 g/mol. The lowest BCUT2D eigenvalue weighted by Crippen LogP contribution is -2.35. The zero-order valence-corrected chi connectivity index (χ0v) is 12.7. The van der Waals surface area contributed by atoms with Gasteiger partial charge in [0.2, 0.25) is 0 Å².